The van der Waals surface area contributed by atoms with Gasteiger partial charge in [-0.25, -0.2) is 9.97 Å². The Balaban J connectivity index is 1.53. The predicted molar refractivity (Wildman–Crippen MR) is 117 cm³/mol. The molecule has 0 bridgehead atoms. The monoisotopic (exact) mass is 427 g/mol. The van der Waals surface area contributed by atoms with Crippen LogP contribution in [0, 0.1) is 13.8 Å². The van der Waals surface area contributed by atoms with Gasteiger partial charge in [0, 0.05) is 17.8 Å². The highest BCUT2D eigenvalue weighted by atomic mass is 32.2. The van der Waals surface area contributed by atoms with E-state index in [2.05, 4.69) is 27.4 Å². The number of hydrogen-bond donors (Lipinski definition) is 1. The van der Waals surface area contributed by atoms with Crippen molar-refractivity contribution in [3.63, 3.8) is 0 Å². The zero-order valence-electron chi connectivity index (χ0n) is 18.0. The molecule has 160 valence electrons. The molecule has 1 aliphatic carbocycles. The van der Waals surface area contributed by atoms with Crippen LogP contribution in [0.1, 0.15) is 60.3 Å². The third-order valence-corrected chi connectivity index (χ3v) is 6.07. The van der Waals surface area contributed by atoms with Crippen molar-refractivity contribution < 1.29 is 14.3 Å². The van der Waals surface area contributed by atoms with Gasteiger partial charge in [0.25, 0.3) is 5.91 Å². The number of thioether (sulfide) groups is 1. The number of carbonyl (C=O) groups is 2. The first-order chi connectivity index (χ1) is 14.4. The summed E-state index contributed by atoms with van der Waals surface area (Å²) in [7, 11) is 0. The lowest BCUT2D eigenvalue weighted by atomic mass is 9.87. The number of aryl methyl sites for hydroxylation is 3. The van der Waals surface area contributed by atoms with Crippen LogP contribution in [0.3, 0.4) is 0 Å². The van der Waals surface area contributed by atoms with Crippen molar-refractivity contribution in [3.8, 4) is 0 Å². The van der Waals surface area contributed by atoms with Crippen LogP contribution in [-0.4, -0.2) is 34.2 Å². The molecule has 6 nitrogen and oxygen atoms in total. The molecule has 0 saturated heterocycles. The summed E-state index contributed by atoms with van der Waals surface area (Å²) < 4.78 is 5.39. The molecule has 1 amide bonds. The molecule has 0 unspecified atom stereocenters. The van der Waals surface area contributed by atoms with Gasteiger partial charge < -0.3 is 10.1 Å². The quantitative estimate of drug-likeness (QED) is 0.410. The van der Waals surface area contributed by atoms with Crippen LogP contribution in [0.5, 0.6) is 0 Å². The fourth-order valence-electron chi connectivity index (χ4n) is 3.89. The van der Waals surface area contributed by atoms with E-state index in [4.69, 9.17) is 4.74 Å². The second-order valence-electron chi connectivity index (χ2n) is 7.64. The van der Waals surface area contributed by atoms with Crippen LogP contribution in [-0.2, 0) is 27.2 Å². The summed E-state index contributed by atoms with van der Waals surface area (Å²) in [6.07, 6.45) is 4.75. The lowest BCUT2D eigenvalue weighted by Gasteiger charge is -2.27. The van der Waals surface area contributed by atoms with Gasteiger partial charge in [-0.3, -0.25) is 9.59 Å². The van der Waals surface area contributed by atoms with Crippen molar-refractivity contribution in [2.24, 2.45) is 0 Å². The van der Waals surface area contributed by atoms with Gasteiger partial charge in [0.1, 0.15) is 0 Å². The third kappa shape index (κ3) is 5.39. The zero-order valence-corrected chi connectivity index (χ0v) is 18.8. The van der Waals surface area contributed by atoms with E-state index in [0.717, 1.165) is 46.9 Å². The number of amides is 1. The Labute approximate surface area is 182 Å². The molecule has 2 aromatic rings. The first-order valence-corrected chi connectivity index (χ1v) is 11.6. The zero-order chi connectivity index (χ0) is 21.7. The van der Waals surface area contributed by atoms with Gasteiger partial charge in [0.05, 0.1) is 6.04 Å². The largest absolute Gasteiger partial charge is 0.453 e. The molecule has 3 rings (SSSR count). The highest BCUT2D eigenvalue weighted by molar-refractivity contribution is 7.98. The SMILES string of the molecule is CSc1nc(C)c(CCC(=O)O[C@H](C)C(=O)N[C@@H]2CCCc3ccccc32)c(C)n1. The lowest BCUT2D eigenvalue weighted by Crippen LogP contribution is -2.39. The van der Waals surface area contributed by atoms with Crippen molar-refractivity contribution in [3.05, 3.63) is 52.3 Å². The lowest BCUT2D eigenvalue weighted by molar-refractivity contribution is -0.155. The van der Waals surface area contributed by atoms with E-state index in [9.17, 15) is 9.59 Å². The van der Waals surface area contributed by atoms with Crippen molar-refractivity contribution in [2.45, 2.75) is 70.2 Å². The van der Waals surface area contributed by atoms with E-state index in [1.165, 1.54) is 17.3 Å². The number of ether oxygens (including phenoxy) is 1. The summed E-state index contributed by atoms with van der Waals surface area (Å²) >= 11 is 1.49. The molecule has 30 heavy (non-hydrogen) atoms. The maximum Gasteiger partial charge on any atom is 0.306 e. The summed E-state index contributed by atoms with van der Waals surface area (Å²) in [5.74, 6) is -0.653. The second-order valence-corrected chi connectivity index (χ2v) is 8.42. The van der Waals surface area contributed by atoms with Crippen molar-refractivity contribution >= 4 is 23.6 Å². The highest BCUT2D eigenvalue weighted by Crippen LogP contribution is 2.29. The number of hydrogen-bond acceptors (Lipinski definition) is 6. The van der Waals surface area contributed by atoms with Crippen molar-refractivity contribution in [1.29, 1.82) is 0 Å². The van der Waals surface area contributed by atoms with Crippen LogP contribution in [0.15, 0.2) is 29.4 Å². The Morgan fingerprint density at radius 3 is 2.63 bits per heavy atom. The molecular formula is C23H29N3O3S. The van der Waals surface area contributed by atoms with Gasteiger partial charge in [0.2, 0.25) is 0 Å². The fourth-order valence-corrected chi connectivity index (χ4v) is 4.35. The number of carbonyl (C=O) groups excluding carboxylic acids is 2. The third-order valence-electron chi connectivity index (χ3n) is 5.53. The number of fused-ring (bicyclic) bond motifs is 1. The van der Waals surface area contributed by atoms with E-state index >= 15 is 0 Å². The number of esters is 1. The van der Waals surface area contributed by atoms with Gasteiger partial charge >= 0.3 is 5.97 Å². The Hall–Kier alpha value is -2.41. The summed E-state index contributed by atoms with van der Waals surface area (Å²) in [5.41, 5.74) is 5.15. The van der Waals surface area contributed by atoms with Gasteiger partial charge in [-0.2, -0.15) is 0 Å². The Morgan fingerprint density at radius 2 is 1.93 bits per heavy atom. The van der Waals surface area contributed by atoms with Crippen LogP contribution in [0.2, 0.25) is 0 Å². The number of aromatic nitrogens is 2. The topological polar surface area (TPSA) is 81.2 Å². The van der Waals surface area contributed by atoms with E-state index in [0.29, 0.717) is 6.42 Å². The second kappa shape index (κ2) is 10.1. The highest BCUT2D eigenvalue weighted by Gasteiger charge is 2.25. The minimum atomic E-state index is -0.830. The summed E-state index contributed by atoms with van der Waals surface area (Å²) in [5, 5.41) is 3.77. The Morgan fingerprint density at radius 1 is 1.23 bits per heavy atom. The standard InChI is InChI=1S/C23H29N3O3S/c1-14-18(15(2)25-23(24-14)30-4)12-13-21(27)29-16(3)22(28)26-20-11-7-9-17-8-5-6-10-19(17)20/h5-6,8,10,16,20H,7,9,11-13H2,1-4H3,(H,26,28)/t16-,20-/m1/s1. The molecule has 0 spiro atoms. The summed E-state index contributed by atoms with van der Waals surface area (Å²) in [4.78, 5) is 33.8. The van der Waals surface area contributed by atoms with E-state index in [1.807, 2.05) is 32.2 Å². The molecule has 2 atom stereocenters. The smallest absolute Gasteiger partial charge is 0.306 e. The molecule has 0 fully saturated rings. The minimum Gasteiger partial charge on any atom is -0.453 e. The average Bonchev–Trinajstić information content (AvgIpc) is 2.73. The molecule has 7 heteroatoms. The summed E-state index contributed by atoms with van der Waals surface area (Å²) in [6.45, 7) is 5.47. The van der Waals surface area contributed by atoms with Crippen LogP contribution >= 0.6 is 11.8 Å². The number of nitrogens with zero attached hydrogens (tertiary/aromatic N) is 2. The molecular weight excluding hydrogens is 398 g/mol. The minimum absolute atomic E-state index is 0.0269. The fraction of sp³-hybridized carbons (Fsp3) is 0.478. The first-order valence-electron chi connectivity index (χ1n) is 10.3. The van der Waals surface area contributed by atoms with Gasteiger partial charge in [-0.05, 0) is 69.4 Å². The van der Waals surface area contributed by atoms with Crippen molar-refractivity contribution in [1.82, 2.24) is 15.3 Å². The maximum absolute atomic E-state index is 12.6. The van der Waals surface area contributed by atoms with Gasteiger partial charge in [-0.1, -0.05) is 36.0 Å². The Kier molecular flexibility index (Phi) is 7.48. The normalized spacial score (nSPS) is 16.5. The molecule has 1 heterocycles. The van der Waals surface area contributed by atoms with Crippen molar-refractivity contribution in [2.75, 3.05) is 6.26 Å². The number of benzene rings is 1. The molecule has 1 aromatic heterocycles. The van der Waals surface area contributed by atoms with Crippen LogP contribution < -0.4 is 5.32 Å². The van der Waals surface area contributed by atoms with Gasteiger partial charge in [0.15, 0.2) is 11.3 Å². The first kappa shape index (κ1) is 22.3. The molecule has 0 radical (unpaired) electrons. The molecule has 1 aromatic carbocycles. The van der Waals surface area contributed by atoms with Crippen LogP contribution in [0.4, 0.5) is 0 Å². The van der Waals surface area contributed by atoms with Gasteiger partial charge in [-0.15, -0.1) is 0 Å². The summed E-state index contributed by atoms with van der Waals surface area (Å²) in [6, 6.07) is 8.16. The predicted octanol–water partition coefficient (Wildman–Crippen LogP) is 3.87. The molecule has 0 saturated carbocycles. The molecule has 0 aliphatic heterocycles. The number of nitrogens with one attached hydrogen (secondary N) is 1. The maximum atomic E-state index is 12.6. The number of rotatable bonds is 7. The average molecular weight is 428 g/mol. The molecule has 1 aliphatic rings. The van der Waals surface area contributed by atoms with E-state index < -0.39 is 12.1 Å². The molecule has 1 N–H and O–H groups in total. The van der Waals surface area contributed by atoms with Crippen LogP contribution in [0.25, 0.3) is 0 Å². The Bertz CT molecular complexity index is 909. The van der Waals surface area contributed by atoms with E-state index in [-0.39, 0.29) is 18.4 Å². The van der Waals surface area contributed by atoms with E-state index in [1.54, 1.807) is 6.92 Å².